The first kappa shape index (κ1) is 15.2. The van der Waals surface area contributed by atoms with Crippen molar-refractivity contribution >= 4 is 5.91 Å². The highest BCUT2D eigenvalue weighted by molar-refractivity contribution is 5.82. The first-order chi connectivity index (χ1) is 10.2. The molecule has 1 amide bonds. The van der Waals surface area contributed by atoms with E-state index in [0.717, 1.165) is 19.0 Å². The van der Waals surface area contributed by atoms with E-state index in [1.54, 1.807) is 11.9 Å². The fourth-order valence-electron chi connectivity index (χ4n) is 3.39. The van der Waals surface area contributed by atoms with Gasteiger partial charge in [-0.15, -0.1) is 0 Å². The van der Waals surface area contributed by atoms with Gasteiger partial charge in [-0.05, 0) is 18.8 Å². The molecule has 1 saturated carbocycles. The number of hydrogen-bond donors (Lipinski definition) is 1. The maximum atomic E-state index is 12.8. The van der Waals surface area contributed by atoms with Crippen molar-refractivity contribution in [2.45, 2.75) is 37.5 Å². The Morgan fingerprint density at radius 2 is 2.10 bits per heavy atom. The van der Waals surface area contributed by atoms with Gasteiger partial charge >= 0.3 is 0 Å². The molecule has 3 rings (SSSR count). The van der Waals surface area contributed by atoms with E-state index in [2.05, 4.69) is 4.90 Å². The van der Waals surface area contributed by atoms with E-state index in [0.29, 0.717) is 26.4 Å². The third-order valence-corrected chi connectivity index (χ3v) is 5.11. The van der Waals surface area contributed by atoms with E-state index < -0.39 is 6.10 Å². The Morgan fingerprint density at radius 1 is 1.29 bits per heavy atom. The quantitative estimate of drug-likeness (QED) is 0.772. The first-order valence-corrected chi connectivity index (χ1v) is 8.01. The molecule has 0 bridgehead atoms. The number of nitrogens with zero attached hydrogens (tertiary/aromatic N) is 2. The Labute approximate surface area is 126 Å². The summed E-state index contributed by atoms with van der Waals surface area (Å²) in [6.45, 7) is 3.71. The van der Waals surface area contributed by atoms with Gasteiger partial charge in [0.05, 0.1) is 38.6 Å². The number of morpholine rings is 1. The minimum Gasteiger partial charge on any atom is -0.388 e. The van der Waals surface area contributed by atoms with Crippen LogP contribution in [0, 0.1) is 5.92 Å². The zero-order chi connectivity index (χ0) is 14.8. The highest BCUT2D eigenvalue weighted by Gasteiger charge is 2.39. The van der Waals surface area contributed by atoms with Crippen LogP contribution >= 0.6 is 0 Å². The van der Waals surface area contributed by atoms with Crippen LogP contribution in [0.4, 0.5) is 0 Å². The molecular weight excluding hydrogens is 272 g/mol. The fraction of sp³-hybridized carbons (Fsp3) is 0.933. The number of aliphatic hydroxyl groups is 1. The van der Waals surface area contributed by atoms with Crippen molar-refractivity contribution in [3.8, 4) is 0 Å². The number of rotatable bonds is 4. The molecule has 0 aromatic heterocycles. The summed E-state index contributed by atoms with van der Waals surface area (Å²) in [4.78, 5) is 16.7. The molecule has 1 unspecified atom stereocenters. The van der Waals surface area contributed by atoms with Crippen LogP contribution in [-0.4, -0.2) is 85.6 Å². The molecule has 2 saturated heterocycles. The van der Waals surface area contributed by atoms with Gasteiger partial charge in [-0.3, -0.25) is 9.69 Å². The molecule has 2 heterocycles. The van der Waals surface area contributed by atoms with Gasteiger partial charge in [-0.1, -0.05) is 6.42 Å². The largest absolute Gasteiger partial charge is 0.388 e. The molecule has 3 atom stereocenters. The first-order valence-electron chi connectivity index (χ1n) is 8.01. The normalized spacial score (nSPS) is 34.7. The van der Waals surface area contributed by atoms with Crippen molar-refractivity contribution in [2.24, 2.45) is 5.92 Å². The molecule has 1 N–H and O–H groups in total. The van der Waals surface area contributed by atoms with Crippen molar-refractivity contribution in [2.75, 3.05) is 46.6 Å². The monoisotopic (exact) mass is 298 g/mol. The van der Waals surface area contributed by atoms with E-state index in [1.807, 2.05) is 0 Å². The van der Waals surface area contributed by atoms with Crippen LogP contribution in [0.3, 0.4) is 0 Å². The molecule has 3 fully saturated rings. The fourth-order valence-corrected chi connectivity index (χ4v) is 3.39. The number of amides is 1. The zero-order valence-electron chi connectivity index (χ0n) is 12.7. The van der Waals surface area contributed by atoms with Crippen LogP contribution in [0.2, 0.25) is 0 Å². The molecule has 0 aromatic carbocycles. The van der Waals surface area contributed by atoms with Crippen molar-refractivity contribution in [3.05, 3.63) is 0 Å². The summed E-state index contributed by atoms with van der Waals surface area (Å²) >= 11 is 0. The van der Waals surface area contributed by atoms with Crippen LogP contribution in [0.5, 0.6) is 0 Å². The summed E-state index contributed by atoms with van der Waals surface area (Å²) in [6, 6.07) is -0.442. The lowest BCUT2D eigenvalue weighted by molar-refractivity contribution is -0.146. The molecule has 0 aromatic rings. The van der Waals surface area contributed by atoms with Gasteiger partial charge in [0.1, 0.15) is 6.04 Å². The Morgan fingerprint density at radius 3 is 2.71 bits per heavy atom. The van der Waals surface area contributed by atoms with Crippen molar-refractivity contribution in [3.63, 3.8) is 0 Å². The Hall–Kier alpha value is -0.690. The number of ether oxygens (including phenoxy) is 2. The number of hydrogen-bond acceptors (Lipinski definition) is 5. The molecule has 3 aliphatic rings. The second-order valence-electron chi connectivity index (χ2n) is 6.50. The lowest BCUT2D eigenvalue weighted by Crippen LogP contribution is -2.58. The van der Waals surface area contributed by atoms with Crippen LogP contribution < -0.4 is 0 Å². The van der Waals surface area contributed by atoms with Gasteiger partial charge < -0.3 is 19.5 Å². The van der Waals surface area contributed by atoms with Gasteiger partial charge in [-0.25, -0.2) is 0 Å². The van der Waals surface area contributed by atoms with E-state index in [4.69, 9.17) is 9.47 Å². The SMILES string of the molecule is CN(C(=O)C1COCCN1CC1CCC1)[C@@H]1COC[C@H]1O. The minimum atomic E-state index is -0.580. The average Bonchev–Trinajstić information content (AvgIpc) is 2.88. The van der Waals surface area contributed by atoms with E-state index in [-0.39, 0.29) is 18.0 Å². The van der Waals surface area contributed by atoms with Crippen molar-refractivity contribution in [1.82, 2.24) is 9.80 Å². The summed E-state index contributed by atoms with van der Waals surface area (Å²) in [7, 11) is 1.76. The van der Waals surface area contributed by atoms with E-state index >= 15 is 0 Å². The lowest BCUT2D eigenvalue weighted by atomic mass is 9.84. The van der Waals surface area contributed by atoms with Crippen LogP contribution in [-0.2, 0) is 14.3 Å². The molecule has 0 spiro atoms. The highest BCUT2D eigenvalue weighted by Crippen LogP contribution is 2.28. The Kier molecular flexibility index (Phi) is 4.78. The summed E-state index contributed by atoms with van der Waals surface area (Å²) in [5.41, 5.74) is 0. The smallest absolute Gasteiger partial charge is 0.242 e. The summed E-state index contributed by atoms with van der Waals surface area (Å²) in [6.07, 6.45) is 3.30. The number of carbonyl (C=O) groups excluding carboxylic acids is 1. The van der Waals surface area contributed by atoms with Gasteiger partial charge in [0.25, 0.3) is 0 Å². The van der Waals surface area contributed by atoms with Gasteiger partial charge in [0.15, 0.2) is 0 Å². The predicted molar refractivity (Wildman–Crippen MR) is 76.9 cm³/mol. The molecule has 120 valence electrons. The van der Waals surface area contributed by atoms with E-state index in [9.17, 15) is 9.90 Å². The molecule has 21 heavy (non-hydrogen) atoms. The summed E-state index contributed by atoms with van der Waals surface area (Å²) in [5, 5.41) is 9.90. The van der Waals surface area contributed by atoms with Gasteiger partial charge in [-0.2, -0.15) is 0 Å². The molecule has 6 heteroatoms. The summed E-state index contributed by atoms with van der Waals surface area (Å²) < 4.78 is 10.8. The second kappa shape index (κ2) is 6.60. The number of carbonyl (C=O) groups is 1. The topological polar surface area (TPSA) is 62.2 Å². The number of likely N-dealkylation sites (N-methyl/N-ethyl adjacent to an activating group) is 1. The molecule has 2 aliphatic heterocycles. The van der Waals surface area contributed by atoms with Crippen molar-refractivity contribution < 1.29 is 19.4 Å². The Bertz CT molecular complexity index is 375. The van der Waals surface area contributed by atoms with E-state index in [1.165, 1.54) is 19.3 Å². The maximum absolute atomic E-state index is 12.8. The van der Waals surface area contributed by atoms with Crippen molar-refractivity contribution in [1.29, 1.82) is 0 Å². The standard InChI is InChI=1S/C15H26N2O4/c1-16(12-8-21-10-14(12)18)15(19)13-9-20-6-5-17(13)7-11-3-2-4-11/h11-14,18H,2-10H2,1H3/t12-,13?,14-/m1/s1. The lowest BCUT2D eigenvalue weighted by Gasteiger charge is -2.41. The summed E-state index contributed by atoms with van der Waals surface area (Å²) in [5.74, 6) is 0.785. The predicted octanol–water partition coefficient (Wildman–Crippen LogP) is -0.295. The average molecular weight is 298 g/mol. The Balaban J connectivity index is 1.62. The number of aliphatic hydroxyl groups excluding tert-OH is 1. The molecule has 0 radical (unpaired) electrons. The third-order valence-electron chi connectivity index (χ3n) is 5.11. The zero-order valence-corrected chi connectivity index (χ0v) is 12.7. The van der Waals surface area contributed by atoms with Gasteiger partial charge in [0.2, 0.25) is 5.91 Å². The maximum Gasteiger partial charge on any atom is 0.242 e. The molecule has 1 aliphatic carbocycles. The minimum absolute atomic E-state index is 0.0450. The molecular formula is C15H26N2O4. The second-order valence-corrected chi connectivity index (χ2v) is 6.50. The van der Waals surface area contributed by atoms with Gasteiger partial charge in [0, 0.05) is 20.1 Å². The highest BCUT2D eigenvalue weighted by atomic mass is 16.5. The van der Waals surface area contributed by atoms with Crippen LogP contribution in [0.15, 0.2) is 0 Å². The van der Waals surface area contributed by atoms with Crippen LogP contribution in [0.25, 0.3) is 0 Å². The molecule has 6 nitrogen and oxygen atoms in total. The third kappa shape index (κ3) is 3.23. The van der Waals surface area contributed by atoms with Crippen LogP contribution in [0.1, 0.15) is 19.3 Å².